The summed E-state index contributed by atoms with van der Waals surface area (Å²) in [5.74, 6) is -1.07. The number of hydrogen-bond donors (Lipinski definition) is 2. The molecule has 2 heterocycles. The lowest BCUT2D eigenvalue weighted by atomic mass is 10.1. The first kappa shape index (κ1) is 16.8. The molecule has 27 heavy (non-hydrogen) atoms. The van der Waals surface area contributed by atoms with Crippen molar-refractivity contribution in [1.82, 2.24) is 5.32 Å². The Morgan fingerprint density at radius 1 is 1.00 bits per heavy atom. The summed E-state index contributed by atoms with van der Waals surface area (Å²) in [5.41, 5.74) is 0.844. The van der Waals surface area contributed by atoms with Crippen LogP contribution in [0.25, 0.3) is 0 Å². The molecule has 0 fully saturated rings. The molecule has 134 valence electrons. The molecule has 2 aromatic carbocycles. The monoisotopic (exact) mass is 361 g/mol. The summed E-state index contributed by atoms with van der Waals surface area (Å²) in [6.07, 6.45) is 0.119. The Balaban J connectivity index is 1.43. The highest BCUT2D eigenvalue weighted by Gasteiger charge is 2.27. The molecule has 1 atom stereocenters. The van der Waals surface area contributed by atoms with Crippen LogP contribution in [0.3, 0.4) is 0 Å². The smallest absolute Gasteiger partial charge is 0.254 e. The van der Waals surface area contributed by atoms with Crippen molar-refractivity contribution in [2.24, 2.45) is 15.0 Å². The second-order valence-electron chi connectivity index (χ2n) is 6.12. The van der Waals surface area contributed by atoms with Crippen LogP contribution in [0.1, 0.15) is 23.2 Å². The number of aliphatic imine (C=N–C) groups is 1. The Morgan fingerprint density at radius 3 is 2.41 bits per heavy atom. The van der Waals surface area contributed by atoms with E-state index in [9.17, 15) is 14.4 Å². The van der Waals surface area contributed by atoms with E-state index >= 15 is 0 Å². The molecule has 2 N–H and O–H groups in total. The van der Waals surface area contributed by atoms with Crippen molar-refractivity contribution < 1.29 is 14.4 Å². The van der Waals surface area contributed by atoms with E-state index in [1.165, 1.54) is 0 Å². The molecular weight excluding hydrogens is 346 g/mol. The number of anilines is 1. The fourth-order valence-corrected chi connectivity index (χ4v) is 2.89. The van der Waals surface area contributed by atoms with E-state index in [1.54, 1.807) is 36.4 Å². The van der Waals surface area contributed by atoms with Crippen LogP contribution in [0, 0.1) is 0 Å². The number of carbonyl (C=O) groups is 3. The molecule has 0 saturated heterocycles. The number of benzene rings is 2. The lowest BCUT2D eigenvalue weighted by molar-refractivity contribution is -0.119. The molecule has 0 saturated carbocycles. The van der Waals surface area contributed by atoms with Crippen molar-refractivity contribution in [2.45, 2.75) is 18.9 Å². The minimum atomic E-state index is -0.816. The number of fused-ring (bicyclic) bond motifs is 2. The molecule has 8 heteroatoms. The van der Waals surface area contributed by atoms with Gasteiger partial charge in [0.25, 0.3) is 11.9 Å². The van der Waals surface area contributed by atoms with Gasteiger partial charge in [-0.05, 0) is 30.7 Å². The summed E-state index contributed by atoms with van der Waals surface area (Å²) in [6, 6.07) is 13.2. The van der Waals surface area contributed by atoms with Crippen LogP contribution in [0.5, 0.6) is 0 Å². The Labute approximate surface area is 153 Å². The zero-order chi connectivity index (χ0) is 18.8. The Bertz CT molecular complexity index is 1070. The topological polar surface area (TPSA) is 112 Å². The van der Waals surface area contributed by atoms with Gasteiger partial charge in [0.15, 0.2) is 0 Å². The second-order valence-corrected chi connectivity index (χ2v) is 6.12. The van der Waals surface area contributed by atoms with Gasteiger partial charge in [-0.1, -0.05) is 24.3 Å². The van der Waals surface area contributed by atoms with Gasteiger partial charge in [-0.15, -0.1) is 0 Å². The number of nitrogens with one attached hydrogen (secondary N) is 2. The quantitative estimate of drug-likeness (QED) is 0.823. The zero-order valence-electron chi connectivity index (χ0n) is 14.2. The van der Waals surface area contributed by atoms with Crippen molar-refractivity contribution in [1.29, 1.82) is 0 Å². The maximum absolute atomic E-state index is 12.3. The van der Waals surface area contributed by atoms with Crippen LogP contribution in [0.2, 0.25) is 0 Å². The van der Waals surface area contributed by atoms with Crippen molar-refractivity contribution >= 4 is 29.4 Å². The standard InChI is InChI=1S/C19H15N5O3/c25-16(24-19-22-13-7-3-4-8-14(13)23-19)10-9-15-18(27)20-12-6-2-1-5-11(12)17(26)21-15/h1-8,15H,9-10H2,(H,20,27)(H,21,26)/t15-/m0/s1. The van der Waals surface area contributed by atoms with Gasteiger partial charge >= 0.3 is 0 Å². The van der Waals surface area contributed by atoms with E-state index in [0.717, 1.165) is 0 Å². The zero-order valence-corrected chi connectivity index (χ0v) is 14.2. The van der Waals surface area contributed by atoms with Crippen LogP contribution in [0.15, 0.2) is 63.5 Å². The van der Waals surface area contributed by atoms with Gasteiger partial charge in [-0.3, -0.25) is 14.4 Å². The molecule has 0 radical (unpaired) electrons. The third-order valence-corrected chi connectivity index (χ3v) is 4.25. The highest BCUT2D eigenvalue weighted by molar-refractivity contribution is 6.09. The predicted octanol–water partition coefficient (Wildman–Crippen LogP) is 0.353. The Kier molecular flexibility index (Phi) is 4.29. The number of nitrogens with zero attached hydrogens (tertiary/aromatic N) is 3. The summed E-state index contributed by atoms with van der Waals surface area (Å²) < 4.78 is 0. The Hall–Kier alpha value is -3.68. The van der Waals surface area contributed by atoms with Crippen LogP contribution < -0.4 is 21.3 Å². The molecule has 3 amide bonds. The van der Waals surface area contributed by atoms with Crippen LogP contribution in [-0.2, 0) is 9.59 Å². The van der Waals surface area contributed by atoms with Gasteiger partial charge in [0.2, 0.25) is 11.8 Å². The summed E-state index contributed by atoms with van der Waals surface area (Å²) in [5, 5.41) is 6.68. The first-order chi connectivity index (χ1) is 13.1. The normalized spacial score (nSPS) is 17.5. The molecule has 0 aromatic heterocycles. The van der Waals surface area contributed by atoms with Crippen molar-refractivity contribution in [3.63, 3.8) is 0 Å². The average Bonchev–Trinajstić information content (AvgIpc) is 3.02. The lowest BCUT2D eigenvalue weighted by Gasteiger charge is -2.13. The molecule has 0 bridgehead atoms. The second kappa shape index (κ2) is 6.91. The fourth-order valence-electron chi connectivity index (χ4n) is 2.89. The molecule has 4 rings (SSSR count). The van der Waals surface area contributed by atoms with Crippen molar-refractivity contribution in [3.05, 3.63) is 64.8 Å². The number of amides is 3. The van der Waals surface area contributed by atoms with E-state index in [2.05, 4.69) is 25.6 Å². The summed E-state index contributed by atoms with van der Waals surface area (Å²) in [6.45, 7) is 0. The van der Waals surface area contributed by atoms with Gasteiger partial charge in [0.05, 0.1) is 22.0 Å². The highest BCUT2D eigenvalue weighted by atomic mass is 16.2. The van der Waals surface area contributed by atoms with Crippen LogP contribution >= 0.6 is 0 Å². The van der Waals surface area contributed by atoms with Gasteiger partial charge in [-0.2, -0.15) is 4.99 Å². The van der Waals surface area contributed by atoms with Crippen molar-refractivity contribution in [2.75, 3.05) is 5.32 Å². The third-order valence-electron chi connectivity index (χ3n) is 4.25. The van der Waals surface area contributed by atoms with Gasteiger partial charge in [-0.25, -0.2) is 9.98 Å². The predicted molar refractivity (Wildman–Crippen MR) is 96.8 cm³/mol. The number of carbonyl (C=O) groups excluding carboxylic acids is 3. The summed E-state index contributed by atoms with van der Waals surface area (Å²) in [4.78, 5) is 48.9. The van der Waals surface area contributed by atoms with Crippen LogP contribution in [0.4, 0.5) is 5.69 Å². The molecule has 0 aliphatic carbocycles. The molecule has 0 spiro atoms. The minimum absolute atomic E-state index is 0.0143. The summed E-state index contributed by atoms with van der Waals surface area (Å²) in [7, 11) is 0. The van der Waals surface area contributed by atoms with Gasteiger partial charge < -0.3 is 10.6 Å². The molecule has 2 aliphatic rings. The maximum atomic E-state index is 12.3. The molecular formula is C19H15N5O3. The van der Waals surface area contributed by atoms with Crippen LogP contribution in [-0.4, -0.2) is 29.7 Å². The summed E-state index contributed by atoms with van der Waals surface area (Å²) >= 11 is 0. The average molecular weight is 361 g/mol. The van der Waals surface area contributed by atoms with E-state index in [1.807, 2.05) is 12.1 Å². The largest absolute Gasteiger partial charge is 0.340 e. The first-order valence-corrected chi connectivity index (χ1v) is 8.45. The van der Waals surface area contributed by atoms with E-state index in [-0.39, 0.29) is 30.6 Å². The first-order valence-electron chi connectivity index (χ1n) is 8.45. The highest BCUT2D eigenvalue weighted by Crippen LogP contribution is 2.19. The molecule has 2 aromatic rings. The van der Waals surface area contributed by atoms with E-state index < -0.39 is 11.9 Å². The van der Waals surface area contributed by atoms with E-state index in [4.69, 9.17) is 0 Å². The van der Waals surface area contributed by atoms with Gasteiger partial charge in [0.1, 0.15) is 6.04 Å². The van der Waals surface area contributed by atoms with Gasteiger partial charge in [0, 0.05) is 6.42 Å². The fraction of sp³-hybridized carbons (Fsp3) is 0.158. The lowest BCUT2D eigenvalue weighted by Crippen LogP contribution is -2.41. The molecule has 8 nitrogen and oxygen atoms in total. The SMILES string of the molecule is O=C(CC[C@@H]1NC(=O)c2ccccc2NC1=O)N=C1N=c2ccccc2=N1. The number of hydrogen-bond acceptors (Lipinski definition) is 3. The van der Waals surface area contributed by atoms with Crippen molar-refractivity contribution in [3.8, 4) is 0 Å². The van der Waals surface area contributed by atoms with E-state index in [0.29, 0.717) is 22.0 Å². The number of para-hydroxylation sites is 3. The molecule has 2 aliphatic heterocycles. The maximum Gasteiger partial charge on any atom is 0.254 e. The molecule has 0 unspecified atom stereocenters. The Morgan fingerprint density at radius 2 is 1.67 bits per heavy atom. The minimum Gasteiger partial charge on any atom is -0.340 e. The number of rotatable bonds is 3. The third kappa shape index (κ3) is 3.50. The number of guanidine groups is 1.